The predicted octanol–water partition coefficient (Wildman–Crippen LogP) is 2.55. The first-order valence-corrected chi connectivity index (χ1v) is 8.31. The number of aryl methyl sites for hydroxylation is 1. The summed E-state index contributed by atoms with van der Waals surface area (Å²) in [6.07, 6.45) is 1.98. The number of hydrogen-bond acceptors (Lipinski definition) is 4. The number of carbonyl (C=O) groups is 3. The minimum absolute atomic E-state index is 0.00929. The molecule has 0 unspecified atom stereocenters. The number of ether oxygens (including phenoxy) is 1. The first kappa shape index (κ1) is 18.7. The molecular formula is C19H24N2O4. The van der Waals surface area contributed by atoms with Crippen LogP contribution in [-0.4, -0.2) is 35.4 Å². The second-order valence-electron chi connectivity index (χ2n) is 6.37. The maximum atomic E-state index is 12.2. The number of carbonyl (C=O) groups excluding carboxylic acids is 3. The molecule has 0 fully saturated rings. The van der Waals surface area contributed by atoms with Gasteiger partial charge < -0.3 is 14.6 Å². The van der Waals surface area contributed by atoms with Crippen LogP contribution in [0.2, 0.25) is 0 Å². The molecule has 2 rings (SSSR count). The number of aromatic nitrogens is 1. The molecule has 0 aliphatic rings. The summed E-state index contributed by atoms with van der Waals surface area (Å²) in [5, 5.41) is 3.60. The zero-order valence-electron chi connectivity index (χ0n) is 15.0. The number of methoxy groups -OCH3 is 1. The first-order chi connectivity index (χ1) is 11.8. The third kappa shape index (κ3) is 4.26. The van der Waals surface area contributed by atoms with Crippen LogP contribution in [0.5, 0.6) is 0 Å². The van der Waals surface area contributed by atoms with Crippen LogP contribution in [0.25, 0.3) is 10.9 Å². The molecule has 6 nitrogen and oxygen atoms in total. The lowest BCUT2D eigenvalue weighted by atomic mass is 10.0. The fourth-order valence-corrected chi connectivity index (χ4v) is 2.80. The van der Waals surface area contributed by atoms with Gasteiger partial charge in [0.1, 0.15) is 6.04 Å². The number of nitrogens with zero attached hydrogens (tertiary/aromatic N) is 1. The SMILES string of the molecule is COC(=O)[C@@H](NC(=O)CCn1cc(C(C)=O)c2ccccc21)C(C)C. The fraction of sp³-hybridized carbons (Fsp3) is 0.421. The quantitative estimate of drug-likeness (QED) is 0.618. The molecule has 1 atom stereocenters. The number of ketones is 1. The summed E-state index contributed by atoms with van der Waals surface area (Å²) < 4.78 is 6.63. The van der Waals surface area contributed by atoms with E-state index in [1.165, 1.54) is 14.0 Å². The fourth-order valence-electron chi connectivity index (χ4n) is 2.80. The van der Waals surface area contributed by atoms with Crippen LogP contribution in [-0.2, 0) is 20.9 Å². The normalized spacial score (nSPS) is 12.2. The summed E-state index contributed by atoms with van der Waals surface area (Å²) in [5.74, 6) is -0.752. The number of fused-ring (bicyclic) bond motifs is 1. The zero-order valence-corrected chi connectivity index (χ0v) is 15.0. The maximum Gasteiger partial charge on any atom is 0.328 e. The molecule has 0 saturated heterocycles. The molecule has 1 aromatic heterocycles. The topological polar surface area (TPSA) is 77.4 Å². The van der Waals surface area contributed by atoms with E-state index in [1.54, 1.807) is 6.20 Å². The Morgan fingerprint density at radius 2 is 1.88 bits per heavy atom. The second-order valence-corrected chi connectivity index (χ2v) is 6.37. The summed E-state index contributed by atoms with van der Waals surface area (Å²) in [5.41, 5.74) is 1.56. The van der Waals surface area contributed by atoms with E-state index in [-0.39, 0.29) is 24.0 Å². The van der Waals surface area contributed by atoms with E-state index in [4.69, 9.17) is 4.74 Å². The van der Waals surface area contributed by atoms with Crippen molar-refractivity contribution in [1.82, 2.24) is 9.88 Å². The molecule has 0 radical (unpaired) electrons. The van der Waals surface area contributed by atoms with E-state index >= 15 is 0 Å². The number of nitrogens with one attached hydrogen (secondary N) is 1. The van der Waals surface area contributed by atoms with Gasteiger partial charge in [0.05, 0.1) is 7.11 Å². The van der Waals surface area contributed by atoms with Crippen LogP contribution < -0.4 is 5.32 Å². The predicted molar refractivity (Wildman–Crippen MR) is 95.3 cm³/mol. The van der Waals surface area contributed by atoms with Gasteiger partial charge in [0.25, 0.3) is 0 Å². The molecule has 25 heavy (non-hydrogen) atoms. The van der Waals surface area contributed by atoms with E-state index in [1.807, 2.05) is 42.7 Å². The van der Waals surface area contributed by atoms with Crippen LogP contribution in [0.15, 0.2) is 30.5 Å². The van der Waals surface area contributed by atoms with Gasteiger partial charge in [0.15, 0.2) is 5.78 Å². The van der Waals surface area contributed by atoms with Crippen LogP contribution in [0.3, 0.4) is 0 Å². The van der Waals surface area contributed by atoms with Crippen molar-refractivity contribution in [3.05, 3.63) is 36.0 Å². The van der Waals surface area contributed by atoms with E-state index in [9.17, 15) is 14.4 Å². The Hall–Kier alpha value is -2.63. The molecule has 0 saturated carbocycles. The number of hydrogen-bond donors (Lipinski definition) is 1. The molecule has 0 aliphatic carbocycles. The molecule has 1 aromatic carbocycles. The molecular weight excluding hydrogens is 320 g/mol. The highest BCUT2D eigenvalue weighted by molar-refractivity contribution is 6.07. The Labute approximate surface area is 147 Å². The molecule has 1 amide bonds. The number of para-hydroxylation sites is 1. The van der Waals surface area contributed by atoms with Crippen LogP contribution in [0.1, 0.15) is 37.6 Å². The minimum atomic E-state index is -0.660. The average Bonchev–Trinajstić information content (AvgIpc) is 2.96. The van der Waals surface area contributed by atoms with Gasteiger partial charge >= 0.3 is 5.97 Å². The van der Waals surface area contributed by atoms with Gasteiger partial charge in [-0.05, 0) is 18.9 Å². The lowest BCUT2D eigenvalue weighted by molar-refractivity contribution is -0.146. The van der Waals surface area contributed by atoms with Gasteiger partial charge in [-0.15, -0.1) is 0 Å². The summed E-state index contributed by atoms with van der Waals surface area (Å²) in [6.45, 7) is 5.65. The molecule has 1 N–H and O–H groups in total. The largest absolute Gasteiger partial charge is 0.467 e. The summed E-state index contributed by atoms with van der Waals surface area (Å²) in [6, 6.07) is 6.94. The maximum absolute atomic E-state index is 12.2. The van der Waals surface area contributed by atoms with Crippen molar-refractivity contribution in [1.29, 1.82) is 0 Å². The number of Topliss-reactive ketones (excluding diaryl/α,β-unsaturated/α-hetero) is 1. The summed E-state index contributed by atoms with van der Waals surface area (Å²) >= 11 is 0. The Bertz CT molecular complexity index is 792. The second kappa shape index (κ2) is 7.96. The number of amides is 1. The van der Waals surface area contributed by atoms with E-state index in [2.05, 4.69) is 5.32 Å². The van der Waals surface area contributed by atoms with Crippen molar-refractivity contribution >= 4 is 28.6 Å². The van der Waals surface area contributed by atoms with Gasteiger partial charge in [0.2, 0.25) is 5.91 Å². The number of esters is 1. The Balaban J connectivity index is 2.11. The van der Waals surface area contributed by atoms with Crippen LogP contribution >= 0.6 is 0 Å². The van der Waals surface area contributed by atoms with Gasteiger partial charge in [-0.2, -0.15) is 0 Å². The lowest BCUT2D eigenvalue weighted by Crippen LogP contribution is -2.45. The standard InChI is InChI=1S/C19H24N2O4/c1-12(2)18(19(24)25-4)20-17(23)9-10-21-11-15(13(3)22)14-7-5-6-8-16(14)21/h5-8,11-12,18H,9-10H2,1-4H3,(H,20,23)/t18-/m0/s1. The lowest BCUT2D eigenvalue weighted by Gasteiger charge is -2.19. The van der Waals surface area contributed by atoms with Crippen molar-refractivity contribution in [3.8, 4) is 0 Å². The van der Waals surface area contributed by atoms with E-state index in [0.717, 1.165) is 10.9 Å². The van der Waals surface area contributed by atoms with Crippen molar-refractivity contribution in [2.24, 2.45) is 5.92 Å². The van der Waals surface area contributed by atoms with Gasteiger partial charge in [-0.25, -0.2) is 4.79 Å². The molecule has 1 heterocycles. The van der Waals surface area contributed by atoms with Gasteiger partial charge in [-0.1, -0.05) is 32.0 Å². The van der Waals surface area contributed by atoms with Crippen LogP contribution in [0, 0.1) is 5.92 Å². The molecule has 0 spiro atoms. The average molecular weight is 344 g/mol. The summed E-state index contributed by atoms with van der Waals surface area (Å²) in [7, 11) is 1.30. The first-order valence-electron chi connectivity index (χ1n) is 8.31. The highest BCUT2D eigenvalue weighted by Crippen LogP contribution is 2.22. The summed E-state index contributed by atoms with van der Waals surface area (Å²) in [4.78, 5) is 35.8. The smallest absolute Gasteiger partial charge is 0.328 e. The Kier molecular flexibility index (Phi) is 5.96. The minimum Gasteiger partial charge on any atom is -0.467 e. The van der Waals surface area contributed by atoms with Crippen LogP contribution in [0.4, 0.5) is 0 Å². The van der Waals surface area contributed by atoms with E-state index in [0.29, 0.717) is 12.1 Å². The van der Waals surface area contributed by atoms with Crippen molar-refractivity contribution in [3.63, 3.8) is 0 Å². The monoisotopic (exact) mass is 344 g/mol. The van der Waals surface area contributed by atoms with E-state index < -0.39 is 12.0 Å². The Morgan fingerprint density at radius 1 is 1.20 bits per heavy atom. The van der Waals surface area contributed by atoms with Crippen molar-refractivity contribution < 1.29 is 19.1 Å². The highest BCUT2D eigenvalue weighted by atomic mass is 16.5. The van der Waals surface area contributed by atoms with Gasteiger partial charge in [0, 0.05) is 35.6 Å². The van der Waals surface area contributed by atoms with Gasteiger partial charge in [-0.3, -0.25) is 9.59 Å². The van der Waals surface area contributed by atoms with Crippen molar-refractivity contribution in [2.45, 2.75) is 39.8 Å². The molecule has 2 aromatic rings. The zero-order chi connectivity index (χ0) is 18.6. The molecule has 134 valence electrons. The molecule has 0 bridgehead atoms. The molecule has 6 heteroatoms. The third-order valence-corrected chi connectivity index (χ3v) is 4.19. The Morgan fingerprint density at radius 3 is 2.48 bits per heavy atom. The number of benzene rings is 1. The third-order valence-electron chi connectivity index (χ3n) is 4.19. The molecule has 0 aliphatic heterocycles. The highest BCUT2D eigenvalue weighted by Gasteiger charge is 2.24. The van der Waals surface area contributed by atoms with Crippen molar-refractivity contribution in [2.75, 3.05) is 7.11 Å². The number of rotatable bonds is 7.